The molecule has 0 radical (unpaired) electrons. The summed E-state index contributed by atoms with van der Waals surface area (Å²) in [5.74, 6) is -1.24. The van der Waals surface area contributed by atoms with Gasteiger partial charge in [-0.1, -0.05) is 0 Å². The SMILES string of the molecule is O=C(NCc1cc[nH]c1)C(F)F. The number of aromatic amines is 1. The Bertz CT molecular complexity index is 246. The predicted octanol–water partition coefficient (Wildman–Crippen LogP) is 0.896. The molecule has 0 aliphatic heterocycles. The van der Waals surface area contributed by atoms with E-state index in [9.17, 15) is 13.6 Å². The summed E-state index contributed by atoms with van der Waals surface area (Å²) >= 11 is 0. The van der Waals surface area contributed by atoms with Crippen molar-refractivity contribution in [1.82, 2.24) is 10.3 Å². The molecule has 1 rings (SSSR count). The zero-order valence-electron chi connectivity index (χ0n) is 6.18. The third kappa shape index (κ3) is 2.34. The second kappa shape index (κ2) is 3.85. The van der Waals surface area contributed by atoms with Crippen molar-refractivity contribution in [3.8, 4) is 0 Å². The molecule has 1 heterocycles. The minimum Gasteiger partial charge on any atom is -0.367 e. The first kappa shape index (κ1) is 8.70. The highest BCUT2D eigenvalue weighted by Gasteiger charge is 2.13. The number of H-pyrrole nitrogens is 1. The number of aromatic nitrogens is 1. The summed E-state index contributed by atoms with van der Waals surface area (Å²) in [6.45, 7) is 0.132. The summed E-state index contributed by atoms with van der Waals surface area (Å²) in [6.07, 6.45) is 0.347. The van der Waals surface area contributed by atoms with Crippen molar-refractivity contribution in [3.05, 3.63) is 24.0 Å². The van der Waals surface area contributed by atoms with Gasteiger partial charge >= 0.3 is 6.43 Å². The Morgan fingerprint density at radius 3 is 2.92 bits per heavy atom. The summed E-state index contributed by atoms with van der Waals surface area (Å²) in [7, 11) is 0. The summed E-state index contributed by atoms with van der Waals surface area (Å²) in [4.78, 5) is 13.1. The molecule has 1 aromatic heterocycles. The number of rotatable bonds is 3. The zero-order valence-corrected chi connectivity index (χ0v) is 6.18. The summed E-state index contributed by atoms with van der Waals surface area (Å²) in [5.41, 5.74) is 0.768. The summed E-state index contributed by atoms with van der Waals surface area (Å²) < 4.78 is 23.3. The van der Waals surface area contributed by atoms with E-state index >= 15 is 0 Å². The molecule has 0 saturated heterocycles. The Kier molecular flexibility index (Phi) is 2.79. The molecule has 0 bridgehead atoms. The molecule has 0 spiro atoms. The van der Waals surface area contributed by atoms with Gasteiger partial charge < -0.3 is 10.3 Å². The van der Waals surface area contributed by atoms with Gasteiger partial charge in [0.2, 0.25) is 0 Å². The zero-order chi connectivity index (χ0) is 8.97. The number of carbonyl (C=O) groups excluding carboxylic acids is 1. The van der Waals surface area contributed by atoms with Gasteiger partial charge in [-0.25, -0.2) is 0 Å². The van der Waals surface area contributed by atoms with Crippen molar-refractivity contribution in [3.63, 3.8) is 0 Å². The van der Waals surface area contributed by atoms with Gasteiger partial charge in [-0.2, -0.15) is 8.78 Å². The Hall–Kier alpha value is -1.39. The van der Waals surface area contributed by atoms with E-state index in [1.165, 1.54) is 0 Å². The molecule has 12 heavy (non-hydrogen) atoms. The highest BCUT2D eigenvalue weighted by Crippen LogP contribution is 1.97. The Morgan fingerprint density at radius 1 is 1.67 bits per heavy atom. The molecule has 0 aliphatic rings. The minimum atomic E-state index is -2.94. The van der Waals surface area contributed by atoms with E-state index in [4.69, 9.17) is 0 Å². The van der Waals surface area contributed by atoms with Crippen molar-refractivity contribution in [2.75, 3.05) is 0 Å². The lowest BCUT2D eigenvalue weighted by molar-refractivity contribution is -0.131. The van der Waals surface area contributed by atoms with Crippen molar-refractivity contribution in [1.29, 1.82) is 0 Å². The second-order valence-corrected chi connectivity index (χ2v) is 2.24. The van der Waals surface area contributed by atoms with Gasteiger partial charge in [0, 0.05) is 18.9 Å². The number of amides is 1. The first-order chi connectivity index (χ1) is 5.70. The van der Waals surface area contributed by atoms with Crippen LogP contribution in [0.5, 0.6) is 0 Å². The van der Waals surface area contributed by atoms with Crippen LogP contribution in [0.4, 0.5) is 8.78 Å². The smallest absolute Gasteiger partial charge is 0.315 e. The number of carbonyl (C=O) groups is 1. The van der Waals surface area contributed by atoms with E-state index in [1.807, 2.05) is 0 Å². The monoisotopic (exact) mass is 174 g/mol. The number of halogens is 2. The molecule has 2 N–H and O–H groups in total. The molecule has 5 heteroatoms. The molecule has 0 unspecified atom stereocenters. The van der Waals surface area contributed by atoms with Crippen LogP contribution in [-0.2, 0) is 11.3 Å². The van der Waals surface area contributed by atoms with Crippen molar-refractivity contribution in [2.45, 2.75) is 13.0 Å². The van der Waals surface area contributed by atoms with Crippen LogP contribution in [0.25, 0.3) is 0 Å². The third-order valence-corrected chi connectivity index (χ3v) is 1.33. The number of alkyl halides is 2. The van der Waals surface area contributed by atoms with Gasteiger partial charge in [0.1, 0.15) is 0 Å². The molecule has 0 aromatic carbocycles. The molecule has 0 atom stereocenters. The molecule has 0 saturated carbocycles. The average molecular weight is 174 g/mol. The largest absolute Gasteiger partial charge is 0.367 e. The van der Waals surface area contributed by atoms with Crippen LogP contribution < -0.4 is 5.32 Å². The van der Waals surface area contributed by atoms with E-state index in [2.05, 4.69) is 10.3 Å². The first-order valence-corrected chi connectivity index (χ1v) is 3.37. The number of hydrogen-bond donors (Lipinski definition) is 2. The van der Waals surface area contributed by atoms with Crippen LogP contribution in [0.2, 0.25) is 0 Å². The maximum absolute atomic E-state index is 11.6. The van der Waals surface area contributed by atoms with E-state index in [1.54, 1.807) is 18.5 Å². The topological polar surface area (TPSA) is 44.9 Å². The molecule has 3 nitrogen and oxygen atoms in total. The molecule has 66 valence electrons. The van der Waals surface area contributed by atoms with E-state index in [0.29, 0.717) is 0 Å². The fourth-order valence-electron chi connectivity index (χ4n) is 0.735. The maximum Gasteiger partial charge on any atom is 0.315 e. The van der Waals surface area contributed by atoms with Crippen LogP contribution >= 0.6 is 0 Å². The Labute approximate surface area is 67.8 Å². The van der Waals surface area contributed by atoms with E-state index in [0.717, 1.165) is 5.56 Å². The van der Waals surface area contributed by atoms with E-state index in [-0.39, 0.29) is 6.54 Å². The van der Waals surface area contributed by atoms with Crippen LogP contribution in [-0.4, -0.2) is 17.3 Å². The maximum atomic E-state index is 11.6. The summed E-state index contributed by atoms with van der Waals surface area (Å²) in [6, 6.07) is 1.70. The van der Waals surface area contributed by atoms with Gasteiger partial charge in [0.25, 0.3) is 5.91 Å². The second-order valence-electron chi connectivity index (χ2n) is 2.24. The van der Waals surface area contributed by atoms with Crippen LogP contribution in [0.1, 0.15) is 5.56 Å². The number of hydrogen-bond acceptors (Lipinski definition) is 1. The number of nitrogens with one attached hydrogen (secondary N) is 2. The van der Waals surface area contributed by atoms with Gasteiger partial charge in [0.15, 0.2) is 0 Å². The lowest BCUT2D eigenvalue weighted by Crippen LogP contribution is -2.28. The lowest BCUT2D eigenvalue weighted by Gasteiger charge is -2.00. The first-order valence-electron chi connectivity index (χ1n) is 3.37. The molecule has 1 amide bonds. The summed E-state index contributed by atoms with van der Waals surface area (Å²) in [5, 5.41) is 2.08. The van der Waals surface area contributed by atoms with Crippen LogP contribution in [0, 0.1) is 0 Å². The Morgan fingerprint density at radius 2 is 2.42 bits per heavy atom. The average Bonchev–Trinajstić information content (AvgIpc) is 2.51. The quantitative estimate of drug-likeness (QED) is 0.702. The molecular weight excluding hydrogens is 166 g/mol. The molecular formula is C7H8F2N2O. The van der Waals surface area contributed by atoms with E-state index < -0.39 is 12.3 Å². The highest BCUT2D eigenvalue weighted by molar-refractivity contribution is 5.78. The van der Waals surface area contributed by atoms with Crippen LogP contribution in [0.15, 0.2) is 18.5 Å². The fraction of sp³-hybridized carbons (Fsp3) is 0.286. The lowest BCUT2D eigenvalue weighted by atomic mass is 10.3. The minimum absolute atomic E-state index is 0.132. The standard InChI is InChI=1S/C7H8F2N2O/c8-6(9)7(12)11-4-5-1-2-10-3-5/h1-3,6,10H,4H2,(H,11,12). The van der Waals surface area contributed by atoms with Gasteiger partial charge in [0.05, 0.1) is 0 Å². The van der Waals surface area contributed by atoms with Gasteiger partial charge in [-0.3, -0.25) is 4.79 Å². The predicted molar refractivity (Wildman–Crippen MR) is 38.6 cm³/mol. The highest BCUT2D eigenvalue weighted by atomic mass is 19.3. The van der Waals surface area contributed by atoms with Crippen molar-refractivity contribution >= 4 is 5.91 Å². The fourth-order valence-corrected chi connectivity index (χ4v) is 0.735. The van der Waals surface area contributed by atoms with Gasteiger partial charge in [-0.15, -0.1) is 0 Å². The normalized spacial score (nSPS) is 10.2. The molecule has 1 aromatic rings. The molecule has 0 aliphatic carbocycles. The van der Waals surface area contributed by atoms with Crippen molar-refractivity contribution < 1.29 is 13.6 Å². The Balaban J connectivity index is 2.32. The van der Waals surface area contributed by atoms with Crippen LogP contribution in [0.3, 0.4) is 0 Å². The van der Waals surface area contributed by atoms with Gasteiger partial charge in [-0.05, 0) is 11.6 Å². The third-order valence-electron chi connectivity index (χ3n) is 1.33. The molecule has 0 fully saturated rings. The van der Waals surface area contributed by atoms with Crippen molar-refractivity contribution in [2.24, 2.45) is 0 Å².